The first-order chi connectivity index (χ1) is 12.3. The van der Waals surface area contributed by atoms with Crippen molar-refractivity contribution in [2.75, 3.05) is 14.2 Å². The Balaban J connectivity index is 2.15. The number of methoxy groups -OCH3 is 1. The number of benzene rings is 2. The minimum atomic E-state index is -3.63. The molecule has 26 heavy (non-hydrogen) atoms. The predicted molar refractivity (Wildman–Crippen MR) is 101 cm³/mol. The molecule has 2 rings (SSSR count). The number of nitrogens with one attached hydrogen (secondary N) is 1. The minimum absolute atomic E-state index is 0.0998. The molecule has 0 spiro atoms. The van der Waals surface area contributed by atoms with Crippen molar-refractivity contribution in [3.8, 4) is 5.75 Å². The van der Waals surface area contributed by atoms with E-state index in [0.717, 1.165) is 5.56 Å². The lowest BCUT2D eigenvalue weighted by atomic mass is 10.2. The summed E-state index contributed by atoms with van der Waals surface area (Å²) < 4.78 is 31.6. The summed E-state index contributed by atoms with van der Waals surface area (Å²) >= 11 is 0. The first-order valence-corrected chi connectivity index (χ1v) is 9.69. The highest BCUT2D eigenvalue weighted by molar-refractivity contribution is 7.89. The summed E-state index contributed by atoms with van der Waals surface area (Å²) in [6, 6.07) is 13.3. The van der Waals surface area contributed by atoms with Crippen molar-refractivity contribution in [2.45, 2.75) is 31.3 Å². The Labute approximate surface area is 154 Å². The monoisotopic (exact) mass is 376 g/mol. The van der Waals surface area contributed by atoms with E-state index >= 15 is 0 Å². The fourth-order valence-corrected chi connectivity index (χ4v) is 3.72. The molecule has 6 nitrogen and oxygen atoms in total. The second-order valence-electron chi connectivity index (χ2n) is 6.18. The van der Waals surface area contributed by atoms with Crippen LogP contribution in [-0.2, 0) is 16.6 Å². The summed E-state index contributed by atoms with van der Waals surface area (Å²) in [6.45, 7) is 3.91. The van der Waals surface area contributed by atoms with Gasteiger partial charge in [0, 0.05) is 25.2 Å². The maximum Gasteiger partial charge on any atom is 0.251 e. The Morgan fingerprint density at radius 2 is 1.85 bits per heavy atom. The van der Waals surface area contributed by atoms with Crippen LogP contribution in [0.5, 0.6) is 5.75 Å². The lowest BCUT2D eigenvalue weighted by Gasteiger charge is -2.21. The van der Waals surface area contributed by atoms with Gasteiger partial charge in [0.1, 0.15) is 5.75 Å². The molecule has 0 radical (unpaired) electrons. The molecule has 0 aliphatic rings. The Morgan fingerprint density at radius 3 is 2.50 bits per heavy atom. The van der Waals surface area contributed by atoms with E-state index in [2.05, 4.69) is 5.32 Å². The third-order valence-electron chi connectivity index (χ3n) is 4.09. The van der Waals surface area contributed by atoms with Crippen LogP contribution in [0.2, 0.25) is 0 Å². The van der Waals surface area contributed by atoms with E-state index in [4.69, 9.17) is 4.74 Å². The molecule has 2 aromatic carbocycles. The fourth-order valence-electron chi connectivity index (χ4n) is 2.31. The van der Waals surface area contributed by atoms with E-state index < -0.39 is 10.0 Å². The van der Waals surface area contributed by atoms with Gasteiger partial charge in [-0.2, -0.15) is 4.31 Å². The molecule has 0 bridgehead atoms. The molecule has 1 N–H and O–H groups in total. The number of ether oxygens (including phenoxy) is 1. The molecular weight excluding hydrogens is 352 g/mol. The highest BCUT2D eigenvalue weighted by atomic mass is 32.2. The van der Waals surface area contributed by atoms with Crippen molar-refractivity contribution in [3.05, 3.63) is 59.7 Å². The second-order valence-corrected chi connectivity index (χ2v) is 8.17. The van der Waals surface area contributed by atoms with Gasteiger partial charge in [-0.05, 0) is 49.7 Å². The van der Waals surface area contributed by atoms with Crippen molar-refractivity contribution in [1.82, 2.24) is 9.62 Å². The van der Waals surface area contributed by atoms with Crippen LogP contribution in [0.1, 0.15) is 29.8 Å². The first kappa shape index (κ1) is 19.9. The van der Waals surface area contributed by atoms with Crippen LogP contribution in [0.3, 0.4) is 0 Å². The van der Waals surface area contributed by atoms with E-state index in [-0.39, 0.29) is 16.8 Å². The smallest absolute Gasteiger partial charge is 0.251 e. The van der Waals surface area contributed by atoms with Gasteiger partial charge >= 0.3 is 0 Å². The SMILES string of the molecule is COc1cccc(CNC(=O)c2cccc(S(=O)(=O)N(C)C(C)C)c2)c1. The number of nitrogens with zero attached hydrogens (tertiary/aromatic N) is 1. The zero-order valence-corrected chi connectivity index (χ0v) is 16.2. The van der Waals surface area contributed by atoms with Gasteiger partial charge in [-0.1, -0.05) is 18.2 Å². The maximum absolute atomic E-state index is 12.6. The van der Waals surface area contributed by atoms with Crippen molar-refractivity contribution in [3.63, 3.8) is 0 Å². The molecule has 0 aliphatic carbocycles. The minimum Gasteiger partial charge on any atom is -0.497 e. The van der Waals surface area contributed by atoms with E-state index in [9.17, 15) is 13.2 Å². The Kier molecular flexibility index (Phi) is 6.39. The molecule has 0 saturated carbocycles. The Morgan fingerprint density at radius 1 is 1.15 bits per heavy atom. The predicted octanol–water partition coefficient (Wildman–Crippen LogP) is 2.65. The fraction of sp³-hybridized carbons (Fsp3) is 0.316. The molecule has 1 amide bonds. The van der Waals surface area contributed by atoms with E-state index in [0.29, 0.717) is 17.9 Å². The van der Waals surface area contributed by atoms with Gasteiger partial charge in [-0.15, -0.1) is 0 Å². The van der Waals surface area contributed by atoms with Crippen LogP contribution < -0.4 is 10.1 Å². The average molecular weight is 376 g/mol. The van der Waals surface area contributed by atoms with Crippen LogP contribution in [0.25, 0.3) is 0 Å². The summed E-state index contributed by atoms with van der Waals surface area (Å²) in [5.74, 6) is 0.374. The highest BCUT2D eigenvalue weighted by Gasteiger charge is 2.23. The zero-order chi connectivity index (χ0) is 19.3. The van der Waals surface area contributed by atoms with Gasteiger partial charge in [0.15, 0.2) is 0 Å². The van der Waals surface area contributed by atoms with Gasteiger partial charge in [0.25, 0.3) is 5.91 Å². The summed E-state index contributed by atoms with van der Waals surface area (Å²) in [6.07, 6.45) is 0. The van der Waals surface area contributed by atoms with E-state index in [1.165, 1.54) is 23.5 Å². The molecule has 0 atom stereocenters. The number of carbonyl (C=O) groups excluding carboxylic acids is 1. The lowest BCUT2D eigenvalue weighted by Crippen LogP contribution is -2.33. The average Bonchev–Trinajstić information content (AvgIpc) is 2.65. The molecule has 0 saturated heterocycles. The van der Waals surface area contributed by atoms with Crippen molar-refractivity contribution in [1.29, 1.82) is 0 Å². The molecule has 0 aliphatic heterocycles. The molecule has 2 aromatic rings. The van der Waals surface area contributed by atoms with Crippen LogP contribution in [-0.4, -0.2) is 38.8 Å². The van der Waals surface area contributed by atoms with Gasteiger partial charge in [-0.25, -0.2) is 8.42 Å². The van der Waals surface area contributed by atoms with Crippen LogP contribution in [0.4, 0.5) is 0 Å². The number of amides is 1. The number of rotatable bonds is 7. The first-order valence-electron chi connectivity index (χ1n) is 8.25. The summed E-state index contributed by atoms with van der Waals surface area (Å²) in [7, 11) is -0.529. The standard InChI is InChI=1S/C19H24N2O4S/c1-14(2)21(3)26(23,24)18-10-6-8-16(12-18)19(22)20-13-15-7-5-9-17(11-15)25-4/h5-12,14H,13H2,1-4H3,(H,20,22). The third-order valence-corrected chi connectivity index (χ3v) is 6.12. The molecular formula is C19H24N2O4S. The largest absolute Gasteiger partial charge is 0.497 e. The zero-order valence-electron chi connectivity index (χ0n) is 15.4. The lowest BCUT2D eigenvalue weighted by molar-refractivity contribution is 0.0950. The van der Waals surface area contributed by atoms with Crippen molar-refractivity contribution in [2.24, 2.45) is 0 Å². The number of sulfonamides is 1. The normalized spacial score (nSPS) is 11.6. The van der Waals surface area contributed by atoms with E-state index in [1.807, 2.05) is 24.3 Å². The van der Waals surface area contributed by atoms with Gasteiger partial charge in [0.2, 0.25) is 10.0 Å². The quantitative estimate of drug-likeness (QED) is 0.806. The Hall–Kier alpha value is -2.38. The molecule has 0 unspecified atom stereocenters. The summed E-state index contributed by atoms with van der Waals surface area (Å²) in [5.41, 5.74) is 1.19. The molecule has 0 aromatic heterocycles. The number of carbonyl (C=O) groups is 1. The van der Waals surface area contributed by atoms with Crippen molar-refractivity contribution < 1.29 is 17.9 Å². The van der Waals surface area contributed by atoms with E-state index in [1.54, 1.807) is 33.1 Å². The topological polar surface area (TPSA) is 75.7 Å². The van der Waals surface area contributed by atoms with Crippen molar-refractivity contribution >= 4 is 15.9 Å². The van der Waals surface area contributed by atoms with Gasteiger partial charge < -0.3 is 10.1 Å². The highest BCUT2D eigenvalue weighted by Crippen LogP contribution is 2.18. The third kappa shape index (κ3) is 4.62. The van der Waals surface area contributed by atoms with Crippen LogP contribution in [0, 0.1) is 0 Å². The van der Waals surface area contributed by atoms with Crippen LogP contribution >= 0.6 is 0 Å². The maximum atomic E-state index is 12.6. The molecule has 0 heterocycles. The summed E-state index contributed by atoms with van der Waals surface area (Å²) in [4.78, 5) is 12.5. The molecule has 140 valence electrons. The second kappa shape index (κ2) is 8.33. The number of hydrogen-bond donors (Lipinski definition) is 1. The van der Waals surface area contributed by atoms with Gasteiger partial charge in [0.05, 0.1) is 12.0 Å². The summed E-state index contributed by atoms with van der Waals surface area (Å²) in [5, 5.41) is 2.79. The Bertz CT molecular complexity index is 879. The van der Waals surface area contributed by atoms with Crippen LogP contribution in [0.15, 0.2) is 53.4 Å². The molecule has 7 heteroatoms. The van der Waals surface area contributed by atoms with Gasteiger partial charge in [-0.3, -0.25) is 4.79 Å². The molecule has 0 fully saturated rings. The number of hydrogen-bond acceptors (Lipinski definition) is 4.